The first kappa shape index (κ1) is 17.0. The summed E-state index contributed by atoms with van der Waals surface area (Å²) in [4.78, 5) is 0. The maximum atomic E-state index is 12.5. The lowest BCUT2D eigenvalue weighted by Gasteiger charge is -2.18. The smallest absolute Gasteiger partial charge is 0.382 e. The molecule has 0 aromatic heterocycles. The third-order valence-electron chi connectivity index (χ3n) is 3.07. The summed E-state index contributed by atoms with van der Waals surface area (Å²) in [6.45, 7) is 6.13. The quantitative estimate of drug-likeness (QED) is 0.738. The topological polar surface area (TPSA) is 21.3 Å². The molecule has 1 atom stereocenters. The summed E-state index contributed by atoms with van der Waals surface area (Å²) in [6.07, 6.45) is -2.71. The summed E-state index contributed by atoms with van der Waals surface area (Å²) >= 11 is 0. The number of likely N-dealkylation sites (N-methyl/N-ethyl adjacent to an activating group) is 1. The Labute approximate surface area is 118 Å². The van der Waals surface area contributed by atoms with Gasteiger partial charge in [0.05, 0.1) is 5.56 Å². The minimum absolute atomic E-state index is 0.225. The highest BCUT2D eigenvalue weighted by Crippen LogP contribution is 2.29. The Morgan fingerprint density at radius 1 is 1.15 bits per heavy atom. The van der Waals surface area contributed by atoms with Crippen molar-refractivity contribution in [3.63, 3.8) is 0 Å². The van der Waals surface area contributed by atoms with Crippen molar-refractivity contribution >= 4 is 0 Å². The maximum absolute atomic E-state index is 12.5. The van der Waals surface area contributed by atoms with E-state index >= 15 is 0 Å². The zero-order valence-corrected chi connectivity index (χ0v) is 12.0. The largest absolute Gasteiger partial charge is 0.416 e. The van der Waals surface area contributed by atoms with Gasteiger partial charge >= 0.3 is 6.18 Å². The SMILES string of the molecule is CCNC(CCOCC)Cc1ccc(C(F)(F)F)cc1. The molecule has 1 N–H and O–H groups in total. The van der Waals surface area contributed by atoms with Gasteiger partial charge in [-0.05, 0) is 44.0 Å². The Kier molecular flexibility index (Phi) is 7.02. The number of ether oxygens (including phenoxy) is 1. The van der Waals surface area contributed by atoms with E-state index in [1.807, 2.05) is 13.8 Å². The Balaban J connectivity index is 2.59. The van der Waals surface area contributed by atoms with Crippen LogP contribution in [-0.4, -0.2) is 25.8 Å². The molecule has 0 bridgehead atoms. The molecule has 0 fully saturated rings. The predicted octanol–water partition coefficient (Wildman–Crippen LogP) is 3.65. The van der Waals surface area contributed by atoms with E-state index in [0.717, 1.165) is 30.7 Å². The van der Waals surface area contributed by atoms with Crippen molar-refractivity contribution in [2.45, 2.75) is 38.9 Å². The molecular weight excluding hydrogens is 267 g/mol. The fourth-order valence-electron chi connectivity index (χ4n) is 2.05. The van der Waals surface area contributed by atoms with E-state index in [-0.39, 0.29) is 6.04 Å². The minimum Gasteiger partial charge on any atom is -0.382 e. The van der Waals surface area contributed by atoms with Gasteiger partial charge in [-0.15, -0.1) is 0 Å². The highest BCUT2D eigenvalue weighted by Gasteiger charge is 2.29. The van der Waals surface area contributed by atoms with E-state index < -0.39 is 11.7 Å². The molecule has 0 saturated carbocycles. The highest BCUT2D eigenvalue weighted by atomic mass is 19.4. The number of nitrogens with one attached hydrogen (secondary N) is 1. The first-order chi connectivity index (χ1) is 9.47. The lowest BCUT2D eigenvalue weighted by atomic mass is 10.0. The van der Waals surface area contributed by atoms with Crippen LogP contribution in [-0.2, 0) is 17.3 Å². The molecule has 1 aromatic carbocycles. The van der Waals surface area contributed by atoms with Gasteiger partial charge in [-0.1, -0.05) is 19.1 Å². The van der Waals surface area contributed by atoms with Crippen molar-refractivity contribution in [1.82, 2.24) is 5.32 Å². The van der Waals surface area contributed by atoms with E-state index in [2.05, 4.69) is 5.32 Å². The molecule has 20 heavy (non-hydrogen) atoms. The van der Waals surface area contributed by atoms with Crippen LogP contribution in [0.5, 0.6) is 0 Å². The summed E-state index contributed by atoms with van der Waals surface area (Å²) in [6, 6.07) is 5.60. The lowest BCUT2D eigenvalue weighted by Crippen LogP contribution is -2.32. The fraction of sp³-hybridized carbons (Fsp3) is 0.600. The van der Waals surface area contributed by atoms with Crippen LogP contribution >= 0.6 is 0 Å². The van der Waals surface area contributed by atoms with Gasteiger partial charge in [-0.2, -0.15) is 13.2 Å². The minimum atomic E-state index is -4.27. The number of benzene rings is 1. The second-order valence-corrected chi connectivity index (χ2v) is 4.64. The molecule has 1 aromatic rings. The van der Waals surface area contributed by atoms with Gasteiger partial charge in [-0.25, -0.2) is 0 Å². The van der Waals surface area contributed by atoms with Gasteiger partial charge in [0.2, 0.25) is 0 Å². The third-order valence-corrected chi connectivity index (χ3v) is 3.07. The zero-order valence-electron chi connectivity index (χ0n) is 12.0. The van der Waals surface area contributed by atoms with E-state index in [4.69, 9.17) is 4.74 Å². The molecule has 0 aliphatic carbocycles. The second kappa shape index (κ2) is 8.27. The molecule has 0 saturated heterocycles. The standard InChI is InChI=1S/C15H22F3NO/c1-3-19-14(9-10-20-4-2)11-12-5-7-13(8-6-12)15(16,17)18/h5-8,14,19H,3-4,9-11H2,1-2H3. The molecule has 114 valence electrons. The molecular formula is C15H22F3NO. The molecule has 0 radical (unpaired) electrons. The number of rotatable bonds is 8. The molecule has 1 unspecified atom stereocenters. The van der Waals surface area contributed by atoms with Crippen molar-refractivity contribution in [3.8, 4) is 0 Å². The third kappa shape index (κ3) is 5.92. The van der Waals surface area contributed by atoms with Crippen molar-refractivity contribution in [3.05, 3.63) is 35.4 Å². The summed E-state index contributed by atoms with van der Waals surface area (Å²) < 4.78 is 42.8. The average Bonchev–Trinajstić information content (AvgIpc) is 2.39. The molecule has 5 heteroatoms. The first-order valence-corrected chi connectivity index (χ1v) is 6.94. The zero-order chi connectivity index (χ0) is 15.0. The van der Waals surface area contributed by atoms with Crippen LogP contribution < -0.4 is 5.32 Å². The van der Waals surface area contributed by atoms with Gasteiger partial charge in [0.25, 0.3) is 0 Å². The van der Waals surface area contributed by atoms with Crippen LogP contribution in [0, 0.1) is 0 Å². The average molecular weight is 289 g/mol. The van der Waals surface area contributed by atoms with Gasteiger partial charge in [0.1, 0.15) is 0 Å². The molecule has 2 nitrogen and oxygen atoms in total. The normalized spacial score (nSPS) is 13.4. The Bertz CT molecular complexity index is 376. The van der Waals surface area contributed by atoms with Crippen molar-refractivity contribution < 1.29 is 17.9 Å². The van der Waals surface area contributed by atoms with E-state index in [1.54, 1.807) is 12.1 Å². The number of halogens is 3. The van der Waals surface area contributed by atoms with Crippen LogP contribution in [0.15, 0.2) is 24.3 Å². The highest BCUT2D eigenvalue weighted by molar-refractivity contribution is 5.25. The molecule has 0 heterocycles. The predicted molar refractivity (Wildman–Crippen MR) is 73.7 cm³/mol. The number of alkyl halides is 3. The van der Waals surface area contributed by atoms with Crippen LogP contribution in [0.3, 0.4) is 0 Å². The van der Waals surface area contributed by atoms with E-state index in [9.17, 15) is 13.2 Å². The fourth-order valence-corrected chi connectivity index (χ4v) is 2.05. The summed E-state index contributed by atoms with van der Waals surface area (Å²) in [5.74, 6) is 0. The number of hydrogen-bond acceptors (Lipinski definition) is 2. The van der Waals surface area contributed by atoms with Crippen molar-refractivity contribution in [2.75, 3.05) is 19.8 Å². The van der Waals surface area contributed by atoms with Crippen LogP contribution in [0.2, 0.25) is 0 Å². The molecule has 0 spiro atoms. The van der Waals surface area contributed by atoms with Gasteiger partial charge in [0, 0.05) is 19.3 Å². The van der Waals surface area contributed by atoms with Crippen LogP contribution in [0.1, 0.15) is 31.4 Å². The van der Waals surface area contributed by atoms with Crippen molar-refractivity contribution in [1.29, 1.82) is 0 Å². The molecule has 0 amide bonds. The van der Waals surface area contributed by atoms with E-state index in [1.165, 1.54) is 0 Å². The van der Waals surface area contributed by atoms with Crippen LogP contribution in [0.25, 0.3) is 0 Å². The molecule has 0 aliphatic rings. The maximum Gasteiger partial charge on any atom is 0.416 e. The molecule has 1 rings (SSSR count). The summed E-state index contributed by atoms with van der Waals surface area (Å²) in [7, 11) is 0. The molecule has 0 aliphatic heterocycles. The Hall–Kier alpha value is -1.07. The second-order valence-electron chi connectivity index (χ2n) is 4.64. The van der Waals surface area contributed by atoms with Crippen LogP contribution in [0.4, 0.5) is 13.2 Å². The van der Waals surface area contributed by atoms with E-state index in [0.29, 0.717) is 19.6 Å². The lowest BCUT2D eigenvalue weighted by molar-refractivity contribution is -0.137. The van der Waals surface area contributed by atoms with Gasteiger partial charge in [-0.3, -0.25) is 0 Å². The summed E-state index contributed by atoms with van der Waals surface area (Å²) in [5.41, 5.74) is 0.302. The Morgan fingerprint density at radius 2 is 1.80 bits per heavy atom. The summed E-state index contributed by atoms with van der Waals surface area (Å²) in [5, 5.41) is 3.33. The Morgan fingerprint density at radius 3 is 2.30 bits per heavy atom. The number of hydrogen-bond donors (Lipinski definition) is 1. The van der Waals surface area contributed by atoms with Gasteiger partial charge in [0.15, 0.2) is 0 Å². The van der Waals surface area contributed by atoms with Crippen molar-refractivity contribution in [2.24, 2.45) is 0 Å². The monoisotopic (exact) mass is 289 g/mol. The van der Waals surface area contributed by atoms with Gasteiger partial charge < -0.3 is 10.1 Å². The first-order valence-electron chi connectivity index (χ1n) is 6.94.